The lowest BCUT2D eigenvalue weighted by Gasteiger charge is -2.28. The highest BCUT2D eigenvalue weighted by Gasteiger charge is 2.54. The number of nitrogens with two attached hydrogens (primary N) is 1. The van der Waals surface area contributed by atoms with Gasteiger partial charge in [0.1, 0.15) is 29.9 Å². The summed E-state index contributed by atoms with van der Waals surface area (Å²) in [5.41, 5.74) is 3.94. The predicted molar refractivity (Wildman–Crippen MR) is 156 cm³/mol. The molecule has 7 atom stereocenters. The monoisotopic (exact) mass is 729 g/mol. The molecule has 19 heteroatoms. The lowest BCUT2D eigenvalue weighted by molar-refractivity contribution is -0.148. The number of rotatable bonds is 12. The zero-order valence-corrected chi connectivity index (χ0v) is 27.2. The van der Waals surface area contributed by atoms with Crippen LogP contribution in [0, 0.1) is 9.25 Å². The van der Waals surface area contributed by atoms with E-state index in [0.29, 0.717) is 3.83 Å². The summed E-state index contributed by atoms with van der Waals surface area (Å²) in [5, 5.41) is 36.5. The number of hydrogen-bond acceptors (Lipinski definition) is 13. The largest absolute Gasteiger partial charge is 0.480 e. The molecule has 236 valence electrons. The number of aromatic nitrogens is 4. The van der Waals surface area contributed by atoms with Gasteiger partial charge in [0.05, 0.1) is 20.3 Å². The summed E-state index contributed by atoms with van der Waals surface area (Å²) in [5.74, 6) is -2.11. The third-order valence-corrected chi connectivity index (χ3v) is 8.91. The number of aliphatic hydroxyl groups is 2. The zero-order valence-electron chi connectivity index (χ0n) is 24.2. The van der Waals surface area contributed by atoms with Crippen molar-refractivity contribution in [2.24, 2.45) is 5.41 Å². The molecule has 3 rings (SSSR count). The molecule has 3 unspecified atom stereocenters. The number of fused-ring (bicyclic) bond motifs is 1. The molecule has 3 heterocycles. The predicted octanol–water partition coefficient (Wildman–Crippen LogP) is 0.786. The van der Waals surface area contributed by atoms with Gasteiger partial charge < -0.3 is 39.8 Å². The summed E-state index contributed by atoms with van der Waals surface area (Å²) >= 11 is 1.88. The number of carbonyl (C=O) groups excluding carboxylic acids is 1. The number of esters is 1. The van der Waals surface area contributed by atoms with Gasteiger partial charge in [-0.15, -0.1) is 0 Å². The Morgan fingerprint density at radius 2 is 1.86 bits per heavy atom. The molecular weight excluding hydrogens is 692 g/mol. The normalized spacial score (nSPS) is 25.6. The van der Waals surface area contributed by atoms with Crippen molar-refractivity contribution in [2.75, 3.05) is 26.1 Å². The molecule has 7 N–H and O–H groups in total. The average molecular weight is 729 g/mol. The number of carboxylic acids is 1. The molecule has 0 spiro atoms. The molecule has 2 aromatic rings. The van der Waals surface area contributed by atoms with Crippen molar-refractivity contribution in [3.8, 4) is 5.88 Å². The number of carbonyl (C=O) groups is 2. The van der Waals surface area contributed by atoms with Gasteiger partial charge in [0.25, 0.3) is 0 Å². The number of anilines is 1. The van der Waals surface area contributed by atoms with Crippen LogP contribution in [0.4, 0.5) is 5.95 Å². The Kier molecular flexibility index (Phi) is 10.5. The maximum atomic E-state index is 13.7. The second-order valence-electron chi connectivity index (χ2n) is 11.3. The van der Waals surface area contributed by atoms with Gasteiger partial charge >= 0.3 is 19.6 Å². The third-order valence-electron chi connectivity index (χ3n) is 6.18. The fourth-order valence-electron chi connectivity index (χ4n) is 3.96. The van der Waals surface area contributed by atoms with Crippen molar-refractivity contribution >= 4 is 59.3 Å². The smallest absolute Gasteiger partial charge is 0.342 e. The van der Waals surface area contributed by atoms with E-state index in [4.69, 9.17) is 24.5 Å². The van der Waals surface area contributed by atoms with Crippen LogP contribution < -0.4 is 20.6 Å². The molecule has 2 aromatic heterocycles. The van der Waals surface area contributed by atoms with Gasteiger partial charge in [0.15, 0.2) is 21.2 Å². The molecule has 0 saturated carbocycles. The summed E-state index contributed by atoms with van der Waals surface area (Å²) in [4.78, 5) is 36.6. The molecule has 0 amide bonds. The third kappa shape index (κ3) is 7.65. The highest BCUT2D eigenvalue weighted by molar-refractivity contribution is 14.1. The van der Waals surface area contributed by atoms with E-state index in [-0.39, 0.29) is 35.0 Å². The SMILES string of the molecule is COc1nc(N)nc2c1nc(I)n2[C@@H]1O[C@H](COP(=O)(NC(C)C(=O)O)NC(C)C(=O)OCC(C)(C)C)[C@@H](O)[C@@]1(C)O. The second-order valence-corrected chi connectivity index (χ2v) is 14.1. The van der Waals surface area contributed by atoms with Gasteiger partial charge in [0, 0.05) is 22.6 Å². The minimum atomic E-state index is -4.30. The van der Waals surface area contributed by atoms with Crippen LogP contribution >= 0.6 is 30.3 Å². The number of halogens is 1. The Morgan fingerprint density at radius 1 is 1.24 bits per heavy atom. The van der Waals surface area contributed by atoms with Crippen molar-refractivity contribution < 1.29 is 48.2 Å². The van der Waals surface area contributed by atoms with Gasteiger partial charge in [-0.05, 0) is 26.2 Å². The first-order valence-electron chi connectivity index (χ1n) is 12.8. The maximum absolute atomic E-state index is 13.7. The minimum Gasteiger partial charge on any atom is -0.480 e. The summed E-state index contributed by atoms with van der Waals surface area (Å²) in [7, 11) is -2.92. The lowest BCUT2D eigenvalue weighted by Crippen LogP contribution is -2.45. The Balaban J connectivity index is 1.85. The number of nitrogen functional groups attached to an aromatic ring is 1. The first kappa shape index (κ1) is 34.3. The number of hydrogen-bond donors (Lipinski definition) is 6. The lowest BCUT2D eigenvalue weighted by atomic mass is 9.96. The molecule has 1 saturated heterocycles. The Morgan fingerprint density at radius 3 is 2.43 bits per heavy atom. The van der Waals surface area contributed by atoms with Crippen molar-refractivity contribution in [3.63, 3.8) is 0 Å². The maximum Gasteiger partial charge on any atom is 0.342 e. The molecule has 17 nitrogen and oxygen atoms in total. The quantitative estimate of drug-likeness (QED) is 0.0766. The van der Waals surface area contributed by atoms with E-state index in [2.05, 4.69) is 25.1 Å². The van der Waals surface area contributed by atoms with E-state index in [0.717, 1.165) is 0 Å². The van der Waals surface area contributed by atoms with E-state index < -0.39 is 62.3 Å². The summed E-state index contributed by atoms with van der Waals surface area (Å²) < 4.78 is 37.5. The van der Waals surface area contributed by atoms with E-state index in [9.17, 15) is 29.5 Å². The number of aliphatic carboxylic acids is 1. The highest BCUT2D eigenvalue weighted by atomic mass is 127. The van der Waals surface area contributed by atoms with Gasteiger partial charge in [-0.25, -0.2) is 15.2 Å². The van der Waals surface area contributed by atoms with E-state index in [1.54, 1.807) is 0 Å². The number of methoxy groups -OCH3 is 1. The Hall–Kier alpha value is -2.19. The fourth-order valence-corrected chi connectivity index (χ4v) is 6.50. The summed E-state index contributed by atoms with van der Waals surface area (Å²) in [6.07, 6.45) is -4.14. The standard InChI is InChI=1S/C23H37IN7O10P/c1-10(17(33)34)29-42(37,30-11(2)18(35)39-9-22(3,4)5)40-8-12-14(32)23(6,36)19(41-12)31-15-13(26-20(31)24)16(38-7)28-21(25)27-15/h10-12,14,19,32,36H,8-9H2,1-7H3,(H,33,34)(H2,25,27,28)(H2,29,30,37)/t10?,11?,12-,14-,19-,23-,42?/m1/s1. The number of aliphatic hydroxyl groups excluding tert-OH is 1. The Labute approximate surface area is 255 Å². The van der Waals surface area contributed by atoms with Crippen molar-refractivity contribution in [2.45, 2.75) is 77.7 Å². The van der Waals surface area contributed by atoms with Crippen LogP contribution in [0.2, 0.25) is 0 Å². The van der Waals surface area contributed by atoms with Gasteiger partial charge in [0.2, 0.25) is 11.8 Å². The van der Waals surface area contributed by atoms with E-state index in [1.165, 1.54) is 32.4 Å². The molecule has 0 aromatic carbocycles. The highest BCUT2D eigenvalue weighted by Crippen LogP contribution is 2.44. The number of nitrogens with zero attached hydrogens (tertiary/aromatic N) is 4. The summed E-state index contributed by atoms with van der Waals surface area (Å²) in [6.45, 7) is 9.02. The van der Waals surface area contributed by atoms with Crippen LogP contribution in [0.3, 0.4) is 0 Å². The van der Waals surface area contributed by atoms with Gasteiger partial charge in [-0.3, -0.25) is 18.7 Å². The number of ether oxygens (including phenoxy) is 3. The number of carboxylic acid groups (broad SMARTS) is 1. The van der Waals surface area contributed by atoms with Gasteiger partial charge in [-0.2, -0.15) is 9.97 Å². The second kappa shape index (κ2) is 12.8. The van der Waals surface area contributed by atoms with Crippen molar-refractivity contribution in [1.82, 2.24) is 29.7 Å². The zero-order chi connectivity index (χ0) is 31.8. The molecule has 1 fully saturated rings. The summed E-state index contributed by atoms with van der Waals surface area (Å²) in [6, 6.07) is -2.53. The molecule has 0 radical (unpaired) electrons. The van der Waals surface area contributed by atoms with Crippen molar-refractivity contribution in [1.29, 1.82) is 0 Å². The number of imidazole rings is 1. The molecule has 1 aliphatic rings. The van der Waals surface area contributed by atoms with Crippen LogP contribution in [0.15, 0.2) is 0 Å². The van der Waals surface area contributed by atoms with Crippen LogP contribution in [0.5, 0.6) is 5.88 Å². The van der Waals surface area contributed by atoms with Crippen LogP contribution in [0.25, 0.3) is 11.2 Å². The van der Waals surface area contributed by atoms with E-state index in [1.807, 2.05) is 43.4 Å². The first-order valence-corrected chi connectivity index (χ1v) is 15.5. The molecule has 1 aliphatic heterocycles. The average Bonchev–Trinajstić information content (AvgIpc) is 3.31. The van der Waals surface area contributed by atoms with Crippen molar-refractivity contribution in [3.05, 3.63) is 3.83 Å². The fraction of sp³-hybridized carbons (Fsp3) is 0.696. The van der Waals surface area contributed by atoms with Crippen LogP contribution in [-0.4, -0.2) is 97.0 Å². The topological polar surface area (TPSA) is 242 Å². The number of nitrogens with one attached hydrogen (secondary N) is 2. The Bertz CT molecular complexity index is 1370. The molecule has 0 bridgehead atoms. The molecular formula is C23H37IN7O10P. The van der Waals surface area contributed by atoms with Crippen LogP contribution in [0.1, 0.15) is 47.8 Å². The van der Waals surface area contributed by atoms with Crippen LogP contribution in [-0.2, 0) is 28.2 Å². The van der Waals surface area contributed by atoms with E-state index >= 15 is 0 Å². The first-order chi connectivity index (χ1) is 19.3. The minimum absolute atomic E-state index is 0.0880. The molecule has 42 heavy (non-hydrogen) atoms. The molecule has 0 aliphatic carbocycles. The van der Waals surface area contributed by atoms with Gasteiger partial charge in [-0.1, -0.05) is 20.8 Å².